The number of hydrogen-bond acceptors (Lipinski definition) is 3. The highest BCUT2D eigenvalue weighted by atomic mass is 19.4. The second-order valence-electron chi connectivity index (χ2n) is 7.10. The molecule has 0 heterocycles. The topological polar surface area (TPSA) is 52.6 Å². The maximum Gasteiger partial charge on any atom is 0.401 e. The Morgan fingerprint density at radius 3 is 2.67 bits per heavy atom. The van der Waals surface area contributed by atoms with Gasteiger partial charge in [0.1, 0.15) is 0 Å². The number of anilines is 1. The molecule has 1 aliphatic rings. The van der Waals surface area contributed by atoms with Gasteiger partial charge in [-0.15, -0.1) is 0 Å². The summed E-state index contributed by atoms with van der Waals surface area (Å²) in [6.07, 6.45) is -4.35. The van der Waals surface area contributed by atoms with Crippen molar-refractivity contribution in [1.82, 2.24) is 4.90 Å². The van der Waals surface area contributed by atoms with E-state index in [0.717, 1.165) is 16.0 Å². The lowest BCUT2D eigenvalue weighted by molar-refractivity contribution is -0.149. The molecular weight excluding hydrogens is 321 g/mol. The smallest absolute Gasteiger partial charge is 0.388 e. The fourth-order valence-corrected chi connectivity index (χ4v) is 3.10. The number of alkyl halides is 3. The van der Waals surface area contributed by atoms with Crippen molar-refractivity contribution in [2.45, 2.75) is 50.9 Å². The van der Waals surface area contributed by atoms with Crippen molar-refractivity contribution in [2.75, 3.05) is 18.9 Å². The fraction of sp³-hybridized carbons (Fsp3) is 0.588. The molecule has 134 valence electrons. The first kappa shape index (κ1) is 18.7. The first-order chi connectivity index (χ1) is 10.9. The van der Waals surface area contributed by atoms with E-state index in [0.29, 0.717) is 12.1 Å². The normalized spacial score (nSPS) is 20.8. The van der Waals surface area contributed by atoms with Crippen molar-refractivity contribution in [1.29, 1.82) is 0 Å². The summed E-state index contributed by atoms with van der Waals surface area (Å²) in [5.74, 6) is -0.520. The summed E-state index contributed by atoms with van der Waals surface area (Å²) in [7, 11) is 1.26. The number of nitrogens with zero attached hydrogens (tertiary/aromatic N) is 1. The summed E-state index contributed by atoms with van der Waals surface area (Å²) in [5, 5.41) is 12.8. The highest BCUT2D eigenvalue weighted by Gasteiger charge is 2.36. The van der Waals surface area contributed by atoms with Gasteiger partial charge in [0.05, 0.1) is 18.7 Å². The van der Waals surface area contributed by atoms with E-state index >= 15 is 0 Å². The molecule has 0 spiro atoms. The minimum Gasteiger partial charge on any atom is -0.388 e. The van der Waals surface area contributed by atoms with Crippen LogP contribution < -0.4 is 5.32 Å². The highest BCUT2D eigenvalue weighted by Crippen LogP contribution is 2.45. The quantitative estimate of drug-likeness (QED) is 0.882. The van der Waals surface area contributed by atoms with Crippen molar-refractivity contribution in [3.8, 4) is 0 Å². The van der Waals surface area contributed by atoms with Gasteiger partial charge in [-0.25, -0.2) is 0 Å². The summed E-state index contributed by atoms with van der Waals surface area (Å²) in [4.78, 5) is 13.1. The van der Waals surface area contributed by atoms with Gasteiger partial charge in [-0.3, -0.25) is 9.69 Å². The van der Waals surface area contributed by atoms with Crippen LogP contribution in [0.25, 0.3) is 0 Å². The molecule has 0 bridgehead atoms. The molecule has 0 saturated heterocycles. The second-order valence-corrected chi connectivity index (χ2v) is 7.10. The predicted molar refractivity (Wildman–Crippen MR) is 85.8 cm³/mol. The van der Waals surface area contributed by atoms with Gasteiger partial charge in [0.15, 0.2) is 0 Å². The van der Waals surface area contributed by atoms with E-state index < -0.39 is 30.8 Å². The van der Waals surface area contributed by atoms with Crippen LogP contribution in [-0.4, -0.2) is 41.7 Å². The van der Waals surface area contributed by atoms with Crippen LogP contribution in [0.3, 0.4) is 0 Å². The van der Waals surface area contributed by atoms with Gasteiger partial charge in [-0.1, -0.05) is 19.9 Å². The molecule has 2 atom stereocenters. The van der Waals surface area contributed by atoms with Gasteiger partial charge >= 0.3 is 6.18 Å². The van der Waals surface area contributed by atoms with Crippen molar-refractivity contribution in [3.05, 3.63) is 29.3 Å². The standard InChI is InChI=1S/C17H23F3N2O2/c1-10(22(4)9-17(18,19)20)15(24)21-11-5-6-13-12(7-11)14(23)8-16(13,2)3/h5-7,10,14,23H,8-9H2,1-4H3,(H,21,24)/t10-,14-/m1/s1. The molecule has 1 amide bonds. The van der Waals surface area contributed by atoms with E-state index in [2.05, 4.69) is 5.32 Å². The van der Waals surface area contributed by atoms with Crippen molar-refractivity contribution >= 4 is 11.6 Å². The summed E-state index contributed by atoms with van der Waals surface area (Å²) in [6, 6.07) is 4.34. The number of hydrogen-bond donors (Lipinski definition) is 2. The summed E-state index contributed by atoms with van der Waals surface area (Å²) in [6.45, 7) is 4.34. The van der Waals surface area contributed by atoms with Crippen LogP contribution in [-0.2, 0) is 10.2 Å². The monoisotopic (exact) mass is 344 g/mol. The fourth-order valence-electron chi connectivity index (χ4n) is 3.10. The minimum absolute atomic E-state index is 0.141. The van der Waals surface area contributed by atoms with E-state index in [1.54, 1.807) is 12.1 Å². The zero-order valence-corrected chi connectivity index (χ0v) is 14.2. The van der Waals surface area contributed by atoms with Gasteiger partial charge in [0.2, 0.25) is 5.91 Å². The number of nitrogens with one attached hydrogen (secondary N) is 1. The number of aliphatic hydroxyl groups excluding tert-OH is 1. The number of halogens is 3. The van der Waals surface area contributed by atoms with Crippen LogP contribution in [0.1, 0.15) is 44.4 Å². The van der Waals surface area contributed by atoms with E-state index in [4.69, 9.17) is 0 Å². The van der Waals surface area contributed by atoms with Gasteiger partial charge in [-0.05, 0) is 49.1 Å². The zero-order valence-electron chi connectivity index (χ0n) is 14.2. The lowest BCUT2D eigenvalue weighted by Gasteiger charge is -2.25. The molecule has 0 saturated carbocycles. The maximum absolute atomic E-state index is 12.4. The lowest BCUT2D eigenvalue weighted by atomic mass is 9.86. The van der Waals surface area contributed by atoms with Crippen molar-refractivity contribution < 1.29 is 23.1 Å². The van der Waals surface area contributed by atoms with Crippen molar-refractivity contribution in [3.63, 3.8) is 0 Å². The number of benzene rings is 1. The molecule has 1 aromatic rings. The Kier molecular flexibility index (Phi) is 4.97. The first-order valence-electron chi connectivity index (χ1n) is 7.81. The van der Waals surface area contributed by atoms with Crippen LogP contribution in [0.5, 0.6) is 0 Å². The highest BCUT2D eigenvalue weighted by molar-refractivity contribution is 5.94. The Bertz CT molecular complexity index is 629. The number of likely N-dealkylation sites (N-methyl/N-ethyl adjacent to an activating group) is 1. The third-order valence-corrected chi connectivity index (χ3v) is 4.58. The molecule has 0 radical (unpaired) electrons. The number of carbonyl (C=O) groups excluding carboxylic acids is 1. The van der Waals surface area contributed by atoms with Crippen molar-refractivity contribution in [2.24, 2.45) is 0 Å². The predicted octanol–water partition coefficient (Wildman–Crippen LogP) is 3.22. The average Bonchev–Trinajstić information content (AvgIpc) is 2.65. The molecule has 2 rings (SSSR count). The molecular formula is C17H23F3N2O2. The van der Waals surface area contributed by atoms with Gasteiger partial charge in [-0.2, -0.15) is 13.2 Å². The lowest BCUT2D eigenvalue weighted by Crippen LogP contribution is -2.44. The van der Waals surface area contributed by atoms with Gasteiger partial charge < -0.3 is 10.4 Å². The van der Waals surface area contributed by atoms with Gasteiger partial charge in [0, 0.05) is 5.69 Å². The minimum atomic E-state index is -4.35. The Morgan fingerprint density at radius 1 is 1.46 bits per heavy atom. The molecule has 4 nitrogen and oxygen atoms in total. The SMILES string of the molecule is C[C@H](C(=O)Nc1ccc2c(c1)[C@H](O)CC2(C)C)N(C)CC(F)(F)F. The van der Waals surface area contributed by atoms with Gasteiger partial charge in [0.25, 0.3) is 0 Å². The third kappa shape index (κ3) is 4.08. The van der Waals surface area contributed by atoms with E-state index in [1.165, 1.54) is 14.0 Å². The molecule has 0 aliphatic heterocycles. The summed E-state index contributed by atoms with van der Waals surface area (Å²) in [5.41, 5.74) is 2.12. The second kappa shape index (κ2) is 6.37. The molecule has 2 N–H and O–H groups in total. The Labute approximate surface area is 139 Å². The maximum atomic E-state index is 12.4. The third-order valence-electron chi connectivity index (χ3n) is 4.58. The van der Waals surface area contributed by atoms with Crippen LogP contribution in [0.4, 0.5) is 18.9 Å². The Balaban J connectivity index is 2.09. The van der Waals surface area contributed by atoms with Crippen LogP contribution >= 0.6 is 0 Å². The van der Waals surface area contributed by atoms with Crippen LogP contribution in [0.2, 0.25) is 0 Å². The van der Waals surface area contributed by atoms with E-state index in [1.807, 2.05) is 19.9 Å². The number of fused-ring (bicyclic) bond motifs is 1. The number of rotatable bonds is 4. The Hall–Kier alpha value is -1.60. The number of aliphatic hydroxyl groups is 1. The molecule has 7 heteroatoms. The molecule has 0 unspecified atom stereocenters. The zero-order chi connectivity index (χ0) is 18.3. The first-order valence-corrected chi connectivity index (χ1v) is 7.81. The number of amides is 1. The molecule has 1 aromatic carbocycles. The van der Waals surface area contributed by atoms with Crippen LogP contribution in [0, 0.1) is 0 Å². The number of carbonyl (C=O) groups is 1. The largest absolute Gasteiger partial charge is 0.401 e. The summed E-state index contributed by atoms with van der Waals surface area (Å²) >= 11 is 0. The van der Waals surface area contributed by atoms with Crippen LogP contribution in [0.15, 0.2) is 18.2 Å². The average molecular weight is 344 g/mol. The molecule has 1 aliphatic carbocycles. The Morgan fingerprint density at radius 2 is 2.08 bits per heavy atom. The molecule has 0 aromatic heterocycles. The molecule has 0 fully saturated rings. The summed E-state index contributed by atoms with van der Waals surface area (Å²) < 4.78 is 37.3. The van der Waals surface area contributed by atoms with E-state index in [9.17, 15) is 23.1 Å². The van der Waals surface area contributed by atoms with E-state index in [-0.39, 0.29) is 5.41 Å². The molecule has 24 heavy (non-hydrogen) atoms.